The predicted octanol–water partition coefficient (Wildman–Crippen LogP) is 6.91. The molecule has 4 rings (SSSR count). The van der Waals surface area contributed by atoms with Crippen molar-refractivity contribution >= 4 is 30.0 Å². The summed E-state index contributed by atoms with van der Waals surface area (Å²) in [5.74, 6) is -0.263. The lowest BCUT2D eigenvalue weighted by Crippen LogP contribution is -2.34. The van der Waals surface area contributed by atoms with Gasteiger partial charge in [0.25, 0.3) is 5.95 Å². The van der Waals surface area contributed by atoms with Crippen LogP contribution in [0.15, 0.2) is 30.3 Å². The van der Waals surface area contributed by atoms with E-state index in [-0.39, 0.29) is 54.9 Å². The van der Waals surface area contributed by atoms with E-state index in [2.05, 4.69) is 20.3 Å². The molecule has 16 heteroatoms. The lowest BCUT2D eigenvalue weighted by molar-refractivity contribution is -0.144. The summed E-state index contributed by atoms with van der Waals surface area (Å²) in [7, 11) is 3.04. The van der Waals surface area contributed by atoms with E-state index in [0.29, 0.717) is 43.8 Å². The van der Waals surface area contributed by atoms with Crippen LogP contribution in [-0.4, -0.2) is 51.5 Å². The van der Waals surface area contributed by atoms with Gasteiger partial charge >= 0.3 is 18.3 Å². The van der Waals surface area contributed by atoms with Crippen LogP contribution in [0.2, 0.25) is 0 Å². The number of tetrazole rings is 1. The minimum atomic E-state index is -4.99. The monoisotopic (exact) mass is 678 g/mol. The number of carbonyl (C=O) groups is 1. The van der Waals surface area contributed by atoms with Crippen LogP contribution < -0.4 is 14.5 Å². The maximum atomic E-state index is 13.6. The van der Waals surface area contributed by atoms with Gasteiger partial charge in [0.05, 0.1) is 31.2 Å². The summed E-state index contributed by atoms with van der Waals surface area (Å²) in [5.41, 5.74) is -0.761. The first-order valence-electron chi connectivity index (χ1n) is 14.5. The molecule has 1 saturated carbocycles. The second-order valence-electron chi connectivity index (χ2n) is 11.4. The molecule has 0 unspecified atom stereocenters. The number of nitrogens with zero attached hydrogens (tertiary/aromatic N) is 6. The number of benzene rings is 2. The number of hydrogen-bond acceptors (Lipinski definition) is 7. The fourth-order valence-corrected chi connectivity index (χ4v) is 5.81. The second-order valence-corrected chi connectivity index (χ2v) is 11.4. The Labute approximate surface area is 268 Å². The summed E-state index contributed by atoms with van der Waals surface area (Å²) in [4.78, 5) is 16.2. The van der Waals surface area contributed by atoms with Crippen molar-refractivity contribution in [1.29, 1.82) is 0 Å². The third-order valence-electron chi connectivity index (χ3n) is 8.16. The number of hydrogen-bond donors (Lipinski definition) is 1. The van der Waals surface area contributed by atoms with Gasteiger partial charge in [0.2, 0.25) is 0 Å². The van der Waals surface area contributed by atoms with E-state index in [0.717, 1.165) is 34.5 Å². The number of alkyl halides is 6. The Hall–Kier alpha value is -3.75. The Morgan fingerprint density at radius 3 is 2.07 bits per heavy atom. The lowest BCUT2D eigenvalue weighted by Gasteiger charge is -2.34. The Morgan fingerprint density at radius 1 is 0.978 bits per heavy atom. The molecular weight excluding hydrogens is 642 g/mol. The zero-order valence-electron chi connectivity index (χ0n) is 25.8. The number of anilines is 2. The van der Waals surface area contributed by atoms with Gasteiger partial charge in [-0.25, -0.2) is 0 Å². The topological polar surface area (TPSA) is 96.6 Å². The van der Waals surface area contributed by atoms with Gasteiger partial charge < -0.3 is 19.6 Å². The zero-order valence-corrected chi connectivity index (χ0v) is 26.6. The van der Waals surface area contributed by atoms with Crippen LogP contribution in [0.4, 0.5) is 38.0 Å². The van der Waals surface area contributed by atoms with Crippen LogP contribution >= 0.6 is 12.4 Å². The standard InChI is InChI=1S/C30H36F6N6O3.ClH/c1-5-41(15-19-6-8-21(9-7-19)27(43)44)25-14-26(45-4)18(2)10-22(25)17-42(28-37-39-40(3)38-28)16-20-11-23(29(31,32)33)13-24(12-20)30(34,35)36;/h10-14,19,21H,5-9,15-17H2,1-4H3,(H,43,44);1H. The number of carboxylic acid groups (broad SMARTS) is 1. The van der Waals surface area contributed by atoms with Gasteiger partial charge in [-0.3, -0.25) is 4.79 Å². The molecule has 1 aliphatic carbocycles. The van der Waals surface area contributed by atoms with Gasteiger partial charge in [0, 0.05) is 37.9 Å². The van der Waals surface area contributed by atoms with Crippen LogP contribution in [0, 0.1) is 18.8 Å². The van der Waals surface area contributed by atoms with Gasteiger partial charge in [0.15, 0.2) is 0 Å². The number of methoxy groups -OCH3 is 1. The Bertz CT molecular complexity index is 1460. The van der Waals surface area contributed by atoms with E-state index in [4.69, 9.17) is 4.74 Å². The van der Waals surface area contributed by atoms with Crippen molar-refractivity contribution in [3.8, 4) is 5.75 Å². The van der Waals surface area contributed by atoms with Crippen LogP contribution in [0.1, 0.15) is 60.4 Å². The molecule has 3 aromatic rings. The zero-order chi connectivity index (χ0) is 33.1. The molecule has 0 amide bonds. The molecule has 1 aliphatic rings. The van der Waals surface area contributed by atoms with Crippen molar-refractivity contribution in [3.05, 3.63) is 58.1 Å². The van der Waals surface area contributed by atoms with E-state index in [9.17, 15) is 36.2 Å². The van der Waals surface area contributed by atoms with Gasteiger partial charge in [0.1, 0.15) is 5.75 Å². The third-order valence-corrected chi connectivity index (χ3v) is 8.16. The molecule has 0 bridgehead atoms. The predicted molar refractivity (Wildman–Crippen MR) is 161 cm³/mol. The molecule has 254 valence electrons. The number of aryl methyl sites for hydroxylation is 2. The summed E-state index contributed by atoms with van der Waals surface area (Å²) >= 11 is 0. The summed E-state index contributed by atoms with van der Waals surface area (Å²) in [6, 6.07) is 5.23. The SMILES string of the molecule is CCN(CC1CCC(C(=O)O)CC1)c1cc(OC)c(C)cc1CN(Cc1cc(C(F)(F)F)cc(C(F)(F)F)c1)c1nnn(C)n1.Cl. The molecular formula is C30H37ClF6N6O3. The Morgan fingerprint density at radius 2 is 1.59 bits per heavy atom. The molecule has 1 aromatic heterocycles. The molecule has 46 heavy (non-hydrogen) atoms. The van der Waals surface area contributed by atoms with Crippen molar-refractivity contribution in [3.63, 3.8) is 0 Å². The van der Waals surface area contributed by atoms with E-state index in [1.54, 1.807) is 0 Å². The number of halogens is 7. The van der Waals surface area contributed by atoms with Crippen LogP contribution in [0.3, 0.4) is 0 Å². The highest BCUT2D eigenvalue weighted by Gasteiger charge is 2.37. The van der Waals surface area contributed by atoms with E-state index >= 15 is 0 Å². The van der Waals surface area contributed by atoms with Gasteiger partial charge in [-0.05, 0) is 91.6 Å². The molecule has 0 atom stereocenters. The maximum absolute atomic E-state index is 13.6. The summed E-state index contributed by atoms with van der Waals surface area (Å²) in [6.45, 7) is 4.70. The molecule has 0 saturated heterocycles. The number of ether oxygens (including phenoxy) is 1. The summed E-state index contributed by atoms with van der Waals surface area (Å²) in [6.07, 6.45) is -7.30. The minimum absolute atomic E-state index is 0. The molecule has 1 fully saturated rings. The highest BCUT2D eigenvalue weighted by Crippen LogP contribution is 2.38. The van der Waals surface area contributed by atoms with E-state index in [1.807, 2.05) is 26.0 Å². The molecule has 0 radical (unpaired) electrons. The first kappa shape index (κ1) is 36.7. The lowest BCUT2D eigenvalue weighted by atomic mass is 9.81. The number of aromatic nitrogens is 4. The average Bonchev–Trinajstić information content (AvgIpc) is 3.41. The normalized spacial score (nSPS) is 16.9. The Balaban J connectivity index is 0.00000576. The van der Waals surface area contributed by atoms with Crippen molar-refractivity contribution in [2.24, 2.45) is 18.9 Å². The molecule has 0 aliphatic heterocycles. The first-order valence-corrected chi connectivity index (χ1v) is 14.5. The van der Waals surface area contributed by atoms with Gasteiger partial charge in [-0.2, -0.15) is 31.1 Å². The fraction of sp³-hybridized carbons (Fsp3) is 0.533. The van der Waals surface area contributed by atoms with Crippen molar-refractivity contribution in [1.82, 2.24) is 20.2 Å². The van der Waals surface area contributed by atoms with E-state index < -0.39 is 29.4 Å². The molecule has 1 heterocycles. The Kier molecular flexibility index (Phi) is 11.8. The molecule has 0 spiro atoms. The smallest absolute Gasteiger partial charge is 0.416 e. The number of carboxylic acids is 1. The molecule has 1 N–H and O–H groups in total. The largest absolute Gasteiger partial charge is 0.496 e. The van der Waals surface area contributed by atoms with Crippen LogP contribution in [-0.2, 0) is 37.3 Å². The fourth-order valence-electron chi connectivity index (χ4n) is 5.81. The van der Waals surface area contributed by atoms with Gasteiger partial charge in [-0.1, -0.05) is 5.10 Å². The summed E-state index contributed by atoms with van der Waals surface area (Å²) in [5, 5.41) is 21.4. The summed E-state index contributed by atoms with van der Waals surface area (Å²) < 4.78 is 87.4. The average molecular weight is 679 g/mol. The maximum Gasteiger partial charge on any atom is 0.416 e. The van der Waals surface area contributed by atoms with E-state index in [1.165, 1.54) is 19.1 Å². The van der Waals surface area contributed by atoms with Crippen LogP contribution in [0.5, 0.6) is 5.75 Å². The van der Waals surface area contributed by atoms with Crippen molar-refractivity contribution in [2.75, 3.05) is 30.0 Å². The highest BCUT2D eigenvalue weighted by molar-refractivity contribution is 5.85. The first-order chi connectivity index (χ1) is 21.1. The van der Waals surface area contributed by atoms with Crippen LogP contribution in [0.25, 0.3) is 0 Å². The minimum Gasteiger partial charge on any atom is -0.496 e. The number of aliphatic carboxylic acids is 1. The number of rotatable bonds is 11. The third kappa shape index (κ3) is 8.95. The van der Waals surface area contributed by atoms with Crippen molar-refractivity contribution < 1.29 is 41.0 Å². The molecule has 2 aromatic carbocycles. The van der Waals surface area contributed by atoms with Crippen molar-refractivity contribution in [2.45, 2.75) is 65.0 Å². The molecule has 9 nitrogen and oxygen atoms in total. The quantitative estimate of drug-likeness (QED) is 0.219. The highest BCUT2D eigenvalue weighted by atomic mass is 35.5. The second kappa shape index (κ2) is 14.8. The van der Waals surface area contributed by atoms with Gasteiger partial charge in [-0.15, -0.1) is 17.5 Å².